The third-order valence-corrected chi connectivity index (χ3v) is 2.59. The Bertz CT molecular complexity index is 418. The summed E-state index contributed by atoms with van der Waals surface area (Å²) in [6.45, 7) is 4.57. The SMILES string of the molecule is C=CCNC(N)=NCCc1cc(Br)ccc1F. The zero-order valence-corrected chi connectivity index (χ0v) is 11.0. The molecule has 1 rings (SSSR count). The van der Waals surface area contributed by atoms with Gasteiger partial charge in [0, 0.05) is 17.6 Å². The number of benzene rings is 1. The second-order valence-electron chi connectivity index (χ2n) is 3.42. The smallest absolute Gasteiger partial charge is 0.188 e. The van der Waals surface area contributed by atoms with Crippen molar-refractivity contribution in [3.05, 3.63) is 46.7 Å². The Labute approximate surface area is 109 Å². The van der Waals surface area contributed by atoms with Crippen LogP contribution in [-0.4, -0.2) is 19.0 Å². The first-order chi connectivity index (χ1) is 8.13. The Balaban J connectivity index is 2.50. The number of nitrogens with two attached hydrogens (primary N) is 1. The van der Waals surface area contributed by atoms with Gasteiger partial charge in [0.25, 0.3) is 0 Å². The number of nitrogens with one attached hydrogen (secondary N) is 1. The molecule has 0 aliphatic rings. The molecule has 0 heterocycles. The van der Waals surface area contributed by atoms with Gasteiger partial charge in [0.1, 0.15) is 5.82 Å². The minimum Gasteiger partial charge on any atom is -0.370 e. The summed E-state index contributed by atoms with van der Waals surface area (Å²) in [7, 11) is 0. The molecule has 0 radical (unpaired) electrons. The fraction of sp³-hybridized carbons (Fsp3) is 0.250. The van der Waals surface area contributed by atoms with Crippen LogP contribution in [0.3, 0.4) is 0 Å². The van der Waals surface area contributed by atoms with E-state index in [2.05, 4.69) is 32.8 Å². The fourth-order valence-corrected chi connectivity index (χ4v) is 1.67. The van der Waals surface area contributed by atoms with Crippen LogP contribution < -0.4 is 11.1 Å². The van der Waals surface area contributed by atoms with Gasteiger partial charge in [0.05, 0.1) is 0 Å². The molecule has 92 valence electrons. The number of guanidine groups is 1. The summed E-state index contributed by atoms with van der Waals surface area (Å²) in [5.74, 6) is 0.126. The molecule has 0 unspecified atom stereocenters. The molecule has 0 aromatic heterocycles. The maximum atomic E-state index is 13.4. The van der Waals surface area contributed by atoms with Gasteiger partial charge in [0.15, 0.2) is 5.96 Å². The number of halogens is 2. The van der Waals surface area contributed by atoms with Crippen LogP contribution in [0, 0.1) is 5.82 Å². The van der Waals surface area contributed by atoms with E-state index < -0.39 is 0 Å². The van der Waals surface area contributed by atoms with Gasteiger partial charge in [-0.2, -0.15) is 0 Å². The quantitative estimate of drug-likeness (QED) is 0.498. The van der Waals surface area contributed by atoms with Gasteiger partial charge < -0.3 is 11.1 Å². The molecule has 1 aromatic carbocycles. The van der Waals surface area contributed by atoms with E-state index in [4.69, 9.17) is 5.73 Å². The molecule has 0 atom stereocenters. The molecule has 0 fully saturated rings. The topological polar surface area (TPSA) is 50.4 Å². The Morgan fingerprint density at radius 3 is 3.06 bits per heavy atom. The summed E-state index contributed by atoms with van der Waals surface area (Å²) in [5.41, 5.74) is 6.20. The van der Waals surface area contributed by atoms with E-state index in [-0.39, 0.29) is 5.82 Å². The van der Waals surface area contributed by atoms with Crippen LogP contribution in [0.15, 0.2) is 40.3 Å². The van der Waals surface area contributed by atoms with Gasteiger partial charge >= 0.3 is 0 Å². The van der Waals surface area contributed by atoms with Gasteiger partial charge in [-0.15, -0.1) is 6.58 Å². The first kappa shape index (κ1) is 13.7. The number of rotatable bonds is 5. The molecule has 0 saturated heterocycles. The maximum absolute atomic E-state index is 13.4. The van der Waals surface area contributed by atoms with Crippen molar-refractivity contribution in [2.24, 2.45) is 10.7 Å². The van der Waals surface area contributed by atoms with Crippen molar-refractivity contribution < 1.29 is 4.39 Å². The van der Waals surface area contributed by atoms with Crippen molar-refractivity contribution in [3.8, 4) is 0 Å². The predicted octanol–water partition coefficient (Wildman–Crippen LogP) is 2.22. The summed E-state index contributed by atoms with van der Waals surface area (Å²) in [6.07, 6.45) is 2.21. The summed E-state index contributed by atoms with van der Waals surface area (Å²) in [4.78, 5) is 4.08. The van der Waals surface area contributed by atoms with Crippen LogP contribution in [0.1, 0.15) is 5.56 Å². The van der Waals surface area contributed by atoms with Crippen LogP contribution in [0.2, 0.25) is 0 Å². The third-order valence-electron chi connectivity index (χ3n) is 2.10. The lowest BCUT2D eigenvalue weighted by Gasteiger charge is -2.04. The zero-order valence-electron chi connectivity index (χ0n) is 9.42. The first-order valence-corrected chi connectivity index (χ1v) is 6.01. The number of hydrogen-bond donors (Lipinski definition) is 2. The van der Waals surface area contributed by atoms with Gasteiger partial charge in [-0.25, -0.2) is 4.39 Å². The van der Waals surface area contributed by atoms with Crippen LogP contribution in [0.5, 0.6) is 0 Å². The normalized spacial score (nSPS) is 11.3. The highest BCUT2D eigenvalue weighted by Gasteiger charge is 2.02. The predicted molar refractivity (Wildman–Crippen MR) is 72.5 cm³/mol. The highest BCUT2D eigenvalue weighted by molar-refractivity contribution is 9.10. The Morgan fingerprint density at radius 2 is 2.35 bits per heavy atom. The number of nitrogens with zero attached hydrogens (tertiary/aromatic N) is 1. The van der Waals surface area contributed by atoms with Gasteiger partial charge in [-0.3, -0.25) is 4.99 Å². The Morgan fingerprint density at radius 1 is 1.59 bits per heavy atom. The van der Waals surface area contributed by atoms with E-state index >= 15 is 0 Å². The van der Waals surface area contributed by atoms with Gasteiger partial charge in [-0.05, 0) is 30.2 Å². The van der Waals surface area contributed by atoms with Crippen LogP contribution in [0.25, 0.3) is 0 Å². The molecule has 3 N–H and O–H groups in total. The first-order valence-electron chi connectivity index (χ1n) is 5.22. The molecule has 3 nitrogen and oxygen atoms in total. The molecule has 0 saturated carbocycles. The average molecular weight is 300 g/mol. The molecule has 1 aromatic rings. The molecule has 0 bridgehead atoms. The Kier molecular flexibility index (Phi) is 5.69. The molecule has 0 aliphatic heterocycles. The number of hydrogen-bond acceptors (Lipinski definition) is 1. The minimum absolute atomic E-state index is 0.221. The molecular formula is C12H15BrFN3. The van der Waals surface area contributed by atoms with Crippen molar-refractivity contribution >= 4 is 21.9 Å². The maximum Gasteiger partial charge on any atom is 0.188 e. The fourth-order valence-electron chi connectivity index (χ4n) is 1.26. The molecule has 0 spiro atoms. The monoisotopic (exact) mass is 299 g/mol. The van der Waals surface area contributed by atoms with Crippen molar-refractivity contribution in [1.82, 2.24) is 5.32 Å². The summed E-state index contributed by atoms with van der Waals surface area (Å²) >= 11 is 3.30. The van der Waals surface area contributed by atoms with Crippen LogP contribution in [-0.2, 0) is 6.42 Å². The number of aliphatic imine (C=N–C) groups is 1. The van der Waals surface area contributed by atoms with Crippen LogP contribution >= 0.6 is 15.9 Å². The van der Waals surface area contributed by atoms with E-state index in [1.54, 1.807) is 18.2 Å². The summed E-state index contributed by atoms with van der Waals surface area (Å²) in [6, 6.07) is 4.85. The lowest BCUT2D eigenvalue weighted by molar-refractivity contribution is 0.609. The van der Waals surface area contributed by atoms with Gasteiger partial charge in [-0.1, -0.05) is 22.0 Å². The van der Waals surface area contributed by atoms with E-state index in [0.29, 0.717) is 31.0 Å². The molecule has 0 aliphatic carbocycles. The highest BCUT2D eigenvalue weighted by atomic mass is 79.9. The Hall–Kier alpha value is -1.36. The van der Waals surface area contributed by atoms with Crippen molar-refractivity contribution in [1.29, 1.82) is 0 Å². The highest BCUT2D eigenvalue weighted by Crippen LogP contribution is 2.15. The third kappa shape index (κ3) is 4.99. The largest absolute Gasteiger partial charge is 0.370 e. The van der Waals surface area contributed by atoms with E-state index in [1.165, 1.54) is 6.07 Å². The second-order valence-corrected chi connectivity index (χ2v) is 4.34. The lowest BCUT2D eigenvalue weighted by atomic mass is 10.1. The van der Waals surface area contributed by atoms with Crippen molar-refractivity contribution in [2.45, 2.75) is 6.42 Å². The van der Waals surface area contributed by atoms with E-state index in [9.17, 15) is 4.39 Å². The van der Waals surface area contributed by atoms with E-state index in [0.717, 1.165) is 4.47 Å². The molecule has 5 heteroatoms. The molecule has 17 heavy (non-hydrogen) atoms. The van der Waals surface area contributed by atoms with Gasteiger partial charge in [0.2, 0.25) is 0 Å². The van der Waals surface area contributed by atoms with Crippen LogP contribution in [0.4, 0.5) is 4.39 Å². The van der Waals surface area contributed by atoms with E-state index in [1.807, 2.05) is 0 Å². The lowest BCUT2D eigenvalue weighted by Crippen LogP contribution is -2.31. The zero-order chi connectivity index (χ0) is 12.7. The summed E-state index contributed by atoms with van der Waals surface area (Å²) in [5, 5.41) is 2.85. The van der Waals surface area contributed by atoms with Crippen molar-refractivity contribution in [3.63, 3.8) is 0 Å². The molecule has 0 amide bonds. The summed E-state index contributed by atoms with van der Waals surface area (Å²) < 4.78 is 14.2. The second kappa shape index (κ2) is 7.06. The van der Waals surface area contributed by atoms with Crippen molar-refractivity contribution in [2.75, 3.05) is 13.1 Å². The average Bonchev–Trinajstić information content (AvgIpc) is 2.31. The minimum atomic E-state index is -0.221. The standard InChI is InChI=1S/C12H15BrFN3/c1-2-6-16-12(15)17-7-5-9-8-10(13)3-4-11(9)14/h2-4,8H,1,5-7H2,(H3,15,16,17). The molecular weight excluding hydrogens is 285 g/mol.